The van der Waals surface area contributed by atoms with Crippen molar-refractivity contribution in [1.82, 2.24) is 24.8 Å². The molecule has 2 aliphatic heterocycles. The van der Waals surface area contributed by atoms with Crippen LogP contribution in [0.1, 0.15) is 43.6 Å². The number of hydrogen-bond acceptors (Lipinski definition) is 9. The van der Waals surface area contributed by atoms with E-state index in [1.807, 2.05) is 11.8 Å². The van der Waals surface area contributed by atoms with E-state index in [1.54, 1.807) is 4.90 Å². The van der Waals surface area contributed by atoms with Crippen LogP contribution in [0.15, 0.2) is 24.5 Å². The van der Waals surface area contributed by atoms with E-state index in [9.17, 15) is 22.4 Å². The van der Waals surface area contributed by atoms with Crippen LogP contribution in [0.2, 0.25) is 0 Å². The van der Waals surface area contributed by atoms with Crippen molar-refractivity contribution in [3.05, 3.63) is 46.6 Å². The fourth-order valence-electron chi connectivity index (χ4n) is 5.57. The quantitative estimate of drug-likeness (QED) is 0.294. The van der Waals surface area contributed by atoms with Gasteiger partial charge in [-0.2, -0.15) is 17.6 Å². The highest BCUT2D eigenvalue weighted by Crippen LogP contribution is 2.39. The first kappa shape index (κ1) is 31.0. The summed E-state index contributed by atoms with van der Waals surface area (Å²) in [7, 11) is 0. The summed E-state index contributed by atoms with van der Waals surface area (Å²) in [4.78, 5) is 30.3. The number of rotatable bonds is 9. The van der Waals surface area contributed by atoms with Gasteiger partial charge in [0.25, 0.3) is 0 Å². The van der Waals surface area contributed by atoms with Crippen molar-refractivity contribution < 1.29 is 31.9 Å². The smallest absolute Gasteiger partial charge is 0.416 e. The van der Waals surface area contributed by atoms with Crippen LogP contribution in [0.25, 0.3) is 11.3 Å². The Kier molecular flexibility index (Phi) is 9.13. The molecule has 5 rings (SSSR count). The molecule has 2 aromatic heterocycles. The Balaban J connectivity index is 1.42. The van der Waals surface area contributed by atoms with Crippen molar-refractivity contribution in [1.29, 1.82) is 0 Å². The van der Waals surface area contributed by atoms with E-state index in [0.717, 1.165) is 42.9 Å². The van der Waals surface area contributed by atoms with Gasteiger partial charge in [-0.15, -0.1) is 0 Å². The van der Waals surface area contributed by atoms with Crippen molar-refractivity contribution in [3.8, 4) is 11.3 Å². The van der Waals surface area contributed by atoms with Crippen LogP contribution >= 0.6 is 11.3 Å². The van der Waals surface area contributed by atoms with Gasteiger partial charge in [0.05, 0.1) is 17.7 Å². The number of likely N-dealkylation sites (tertiary alicyclic amines) is 1. The van der Waals surface area contributed by atoms with Gasteiger partial charge < -0.3 is 15.3 Å². The summed E-state index contributed by atoms with van der Waals surface area (Å²) in [5, 5.41) is 12.1. The largest absolute Gasteiger partial charge is 0.481 e. The zero-order chi connectivity index (χ0) is 30.9. The van der Waals surface area contributed by atoms with Gasteiger partial charge in [0.1, 0.15) is 12.1 Å². The van der Waals surface area contributed by atoms with Crippen LogP contribution in [-0.4, -0.2) is 80.6 Å². The van der Waals surface area contributed by atoms with Gasteiger partial charge in [0, 0.05) is 55.2 Å². The van der Waals surface area contributed by atoms with E-state index in [2.05, 4.69) is 32.1 Å². The maximum atomic E-state index is 15.7. The van der Waals surface area contributed by atoms with Gasteiger partial charge in [-0.25, -0.2) is 19.3 Å². The number of halogens is 5. The van der Waals surface area contributed by atoms with Gasteiger partial charge in [0.2, 0.25) is 5.82 Å². The minimum Gasteiger partial charge on any atom is -0.481 e. The molecule has 4 heterocycles. The average molecular weight is 626 g/mol. The molecule has 0 saturated carbocycles. The fraction of sp³-hybridized carbons (Fsp3) is 0.500. The van der Waals surface area contributed by atoms with Crippen LogP contribution in [0.5, 0.6) is 0 Å². The number of aromatic nitrogens is 3. The Bertz CT molecular complexity index is 1470. The molecule has 232 valence electrons. The summed E-state index contributed by atoms with van der Waals surface area (Å²) in [5.41, 5.74) is -0.941. The number of nitrogens with one attached hydrogen (secondary N) is 1. The standard InChI is InChI=1S/C28H32F5N7O2S/c1-16-4-3-6-39(16)14-21-24(18-10-19(28(31,32)33)12-20(29)11-18)36-27(43-21)37-25-23(30)26(35-15-34-25)40-9-8-38(17(2)13-40)7-5-22(41)42/h10-12,15-17H,3-9,13-14H2,1-2H3,(H,41,42)(H,34,35,36,37)/t16-,17+/m1/s1. The lowest BCUT2D eigenvalue weighted by molar-refractivity contribution is -0.138. The fourth-order valence-corrected chi connectivity index (χ4v) is 6.58. The number of thiazole rings is 1. The normalized spacial score (nSPS) is 20.1. The molecule has 2 fully saturated rings. The molecular weight excluding hydrogens is 593 g/mol. The van der Waals surface area contributed by atoms with Crippen molar-refractivity contribution >= 4 is 34.1 Å². The lowest BCUT2D eigenvalue weighted by Gasteiger charge is -2.40. The Morgan fingerprint density at radius 1 is 1.09 bits per heavy atom. The monoisotopic (exact) mass is 625 g/mol. The third-order valence-electron chi connectivity index (χ3n) is 7.91. The number of hydrogen-bond donors (Lipinski definition) is 2. The zero-order valence-corrected chi connectivity index (χ0v) is 24.5. The molecule has 2 saturated heterocycles. The highest BCUT2D eigenvalue weighted by molar-refractivity contribution is 7.16. The summed E-state index contributed by atoms with van der Waals surface area (Å²) in [6.07, 6.45) is -1.54. The Hall–Kier alpha value is -3.43. The van der Waals surface area contributed by atoms with Crippen LogP contribution < -0.4 is 10.2 Å². The maximum Gasteiger partial charge on any atom is 0.416 e. The number of carbonyl (C=O) groups is 1. The lowest BCUT2D eigenvalue weighted by Crippen LogP contribution is -2.52. The molecule has 0 unspecified atom stereocenters. The Morgan fingerprint density at radius 3 is 2.56 bits per heavy atom. The molecule has 0 amide bonds. The number of anilines is 3. The molecule has 2 aliphatic rings. The number of piperazine rings is 1. The Morgan fingerprint density at radius 2 is 1.88 bits per heavy atom. The minimum absolute atomic E-state index is 0.0158. The molecular formula is C28H32F5N7O2S. The van der Waals surface area contributed by atoms with Crippen molar-refractivity contribution in [2.45, 2.75) is 57.9 Å². The molecule has 43 heavy (non-hydrogen) atoms. The van der Waals surface area contributed by atoms with Crippen LogP contribution in [0.3, 0.4) is 0 Å². The summed E-state index contributed by atoms with van der Waals surface area (Å²) >= 11 is 1.15. The number of benzene rings is 1. The first-order valence-corrected chi connectivity index (χ1v) is 14.8. The second-order valence-electron chi connectivity index (χ2n) is 10.9. The van der Waals surface area contributed by atoms with E-state index in [4.69, 9.17) is 5.11 Å². The molecule has 3 aromatic rings. The highest BCUT2D eigenvalue weighted by Gasteiger charge is 2.33. The number of carboxylic acids is 1. The molecule has 2 N–H and O–H groups in total. The molecule has 0 aliphatic carbocycles. The molecule has 1 aromatic carbocycles. The van der Waals surface area contributed by atoms with Gasteiger partial charge in [-0.1, -0.05) is 11.3 Å². The number of carboxylic acid groups (broad SMARTS) is 1. The summed E-state index contributed by atoms with van der Waals surface area (Å²) in [6.45, 7) is 6.99. The SMILES string of the molecule is C[C@@H]1CCCN1Cc1sc(Nc2ncnc(N3CCN(CCC(=O)O)[C@@H](C)C3)c2F)nc1-c1cc(F)cc(C(F)(F)F)c1. The predicted molar refractivity (Wildman–Crippen MR) is 152 cm³/mol. The van der Waals surface area contributed by atoms with E-state index in [0.29, 0.717) is 43.7 Å². The lowest BCUT2D eigenvalue weighted by atomic mass is 10.1. The van der Waals surface area contributed by atoms with Crippen molar-refractivity contribution in [3.63, 3.8) is 0 Å². The van der Waals surface area contributed by atoms with Gasteiger partial charge in [-0.05, 0) is 51.4 Å². The molecule has 2 atom stereocenters. The average Bonchev–Trinajstić information content (AvgIpc) is 3.53. The van der Waals surface area contributed by atoms with Crippen molar-refractivity contribution in [2.75, 3.05) is 42.9 Å². The van der Waals surface area contributed by atoms with Crippen LogP contribution in [0, 0.1) is 11.6 Å². The van der Waals surface area contributed by atoms with E-state index < -0.39 is 29.3 Å². The second-order valence-corrected chi connectivity index (χ2v) is 12.0. The summed E-state index contributed by atoms with van der Waals surface area (Å²) < 4.78 is 70.6. The third-order valence-corrected chi connectivity index (χ3v) is 8.86. The van der Waals surface area contributed by atoms with E-state index in [1.165, 1.54) is 6.33 Å². The van der Waals surface area contributed by atoms with Crippen LogP contribution in [0.4, 0.5) is 38.7 Å². The maximum absolute atomic E-state index is 15.7. The van der Waals surface area contributed by atoms with Gasteiger partial charge in [-0.3, -0.25) is 14.6 Å². The van der Waals surface area contributed by atoms with E-state index in [-0.39, 0.29) is 46.5 Å². The predicted octanol–water partition coefficient (Wildman–Crippen LogP) is 5.61. The molecule has 0 radical (unpaired) electrons. The molecule has 0 spiro atoms. The summed E-state index contributed by atoms with van der Waals surface area (Å²) in [5.74, 6) is -2.71. The topological polar surface area (TPSA) is 97.7 Å². The van der Waals surface area contributed by atoms with Crippen molar-refractivity contribution in [2.24, 2.45) is 0 Å². The molecule has 9 nitrogen and oxygen atoms in total. The molecule has 15 heteroatoms. The minimum atomic E-state index is -4.74. The highest BCUT2D eigenvalue weighted by atomic mass is 32.1. The number of nitrogens with zero attached hydrogens (tertiary/aromatic N) is 6. The molecule has 0 bridgehead atoms. The third kappa shape index (κ3) is 7.21. The number of alkyl halides is 3. The van der Waals surface area contributed by atoms with Crippen LogP contribution in [-0.2, 0) is 17.5 Å². The number of aliphatic carboxylic acids is 1. The first-order valence-electron chi connectivity index (χ1n) is 14.0. The van der Waals surface area contributed by atoms with Gasteiger partial charge >= 0.3 is 12.1 Å². The summed E-state index contributed by atoms with van der Waals surface area (Å²) in [6, 6.07) is 2.56. The zero-order valence-electron chi connectivity index (χ0n) is 23.7. The Labute approximate surface area is 249 Å². The first-order chi connectivity index (χ1) is 20.4. The second kappa shape index (κ2) is 12.7. The van der Waals surface area contributed by atoms with E-state index >= 15 is 4.39 Å². The van der Waals surface area contributed by atoms with Gasteiger partial charge in [0.15, 0.2) is 16.8 Å².